The largest absolute Gasteiger partial charge is 0.437 e. The van der Waals surface area contributed by atoms with E-state index in [9.17, 15) is 0 Å². The second-order valence-electron chi connectivity index (χ2n) is 4.66. The number of nitrogens with two attached hydrogens (primary N) is 1. The summed E-state index contributed by atoms with van der Waals surface area (Å²) in [5.74, 6) is 1.85. The van der Waals surface area contributed by atoms with Crippen molar-refractivity contribution in [3.8, 4) is 11.6 Å². The first-order valence-corrected chi connectivity index (χ1v) is 6.83. The van der Waals surface area contributed by atoms with Crippen LogP contribution in [0.25, 0.3) is 0 Å². The molecular weight excluding hydrogens is 306 g/mol. The van der Waals surface area contributed by atoms with Crippen molar-refractivity contribution in [3.63, 3.8) is 0 Å². The molecule has 0 aliphatic heterocycles. The number of hydrogen-bond acceptors (Lipinski definition) is 4. The Kier molecular flexibility index (Phi) is 4.04. The predicted octanol–water partition coefficient (Wildman–Crippen LogP) is 4.05. The summed E-state index contributed by atoms with van der Waals surface area (Å²) in [7, 11) is 0. The molecule has 0 bridgehead atoms. The molecule has 5 heteroatoms. The second kappa shape index (κ2) is 5.57. The number of halogens is 1. The van der Waals surface area contributed by atoms with Crippen molar-refractivity contribution in [2.45, 2.75) is 26.7 Å². The fourth-order valence-corrected chi connectivity index (χ4v) is 1.90. The molecule has 1 heterocycles. The monoisotopic (exact) mass is 321 g/mol. The molecule has 1 aromatic heterocycles. The molecule has 0 amide bonds. The van der Waals surface area contributed by atoms with Gasteiger partial charge in [0.1, 0.15) is 5.75 Å². The van der Waals surface area contributed by atoms with Gasteiger partial charge in [-0.3, -0.25) is 0 Å². The van der Waals surface area contributed by atoms with E-state index in [1.165, 1.54) is 5.56 Å². The van der Waals surface area contributed by atoms with Gasteiger partial charge in [0.25, 0.3) is 0 Å². The molecule has 0 atom stereocenters. The Balaban J connectivity index is 2.37. The number of anilines is 1. The van der Waals surface area contributed by atoms with E-state index in [0.29, 0.717) is 16.3 Å². The second-order valence-corrected chi connectivity index (χ2v) is 5.52. The molecule has 1 aromatic carbocycles. The van der Waals surface area contributed by atoms with Crippen molar-refractivity contribution < 1.29 is 4.74 Å². The van der Waals surface area contributed by atoms with Crippen LogP contribution in [0, 0.1) is 6.92 Å². The maximum absolute atomic E-state index is 5.83. The Labute approximate surface area is 121 Å². The molecule has 0 unspecified atom stereocenters. The number of aromatic nitrogens is 2. The summed E-state index contributed by atoms with van der Waals surface area (Å²) < 4.78 is 6.51. The zero-order chi connectivity index (χ0) is 14.0. The molecular formula is C14H16BrN3O. The molecule has 0 saturated heterocycles. The molecule has 2 N–H and O–H groups in total. The van der Waals surface area contributed by atoms with E-state index in [-0.39, 0.29) is 5.95 Å². The van der Waals surface area contributed by atoms with E-state index in [0.717, 1.165) is 11.3 Å². The Morgan fingerprint density at radius 3 is 2.74 bits per heavy atom. The third-order valence-electron chi connectivity index (χ3n) is 2.82. The summed E-state index contributed by atoms with van der Waals surface area (Å²) in [6.45, 7) is 6.29. The number of rotatable bonds is 3. The standard InChI is InChI=1S/C14H16BrN3O/c1-8(2)10-5-4-9(3)12(6-10)19-13-11(15)7-17-14(16)18-13/h4-8H,1-3H3,(H2,16,17,18). The van der Waals surface area contributed by atoms with Crippen molar-refractivity contribution >= 4 is 21.9 Å². The maximum atomic E-state index is 5.83. The number of benzene rings is 1. The third-order valence-corrected chi connectivity index (χ3v) is 3.36. The summed E-state index contributed by atoms with van der Waals surface area (Å²) in [5.41, 5.74) is 7.84. The quantitative estimate of drug-likeness (QED) is 0.926. The topological polar surface area (TPSA) is 61.0 Å². The van der Waals surface area contributed by atoms with Crippen LogP contribution >= 0.6 is 15.9 Å². The molecule has 0 saturated carbocycles. The zero-order valence-electron chi connectivity index (χ0n) is 11.1. The number of ether oxygens (including phenoxy) is 1. The Bertz CT molecular complexity index is 599. The number of hydrogen-bond donors (Lipinski definition) is 1. The first-order valence-electron chi connectivity index (χ1n) is 6.04. The number of nitrogen functional groups attached to an aromatic ring is 1. The van der Waals surface area contributed by atoms with E-state index in [1.54, 1.807) is 6.20 Å². The minimum atomic E-state index is 0.191. The van der Waals surface area contributed by atoms with Gasteiger partial charge in [-0.25, -0.2) is 4.98 Å². The Morgan fingerprint density at radius 2 is 2.05 bits per heavy atom. The van der Waals surface area contributed by atoms with Crippen molar-refractivity contribution in [1.82, 2.24) is 9.97 Å². The fourth-order valence-electron chi connectivity index (χ4n) is 1.63. The smallest absolute Gasteiger partial charge is 0.238 e. The van der Waals surface area contributed by atoms with Crippen LogP contribution in [0.2, 0.25) is 0 Å². The van der Waals surface area contributed by atoms with Gasteiger partial charge in [-0.05, 0) is 46.0 Å². The number of nitrogens with zero attached hydrogens (tertiary/aromatic N) is 2. The molecule has 0 spiro atoms. The van der Waals surface area contributed by atoms with Crippen molar-refractivity contribution in [1.29, 1.82) is 0 Å². The Morgan fingerprint density at radius 1 is 1.32 bits per heavy atom. The maximum Gasteiger partial charge on any atom is 0.238 e. The van der Waals surface area contributed by atoms with E-state index >= 15 is 0 Å². The molecule has 0 fully saturated rings. The molecule has 2 aromatic rings. The van der Waals surface area contributed by atoms with Gasteiger partial charge in [0.15, 0.2) is 0 Å². The van der Waals surface area contributed by atoms with Crippen LogP contribution in [0.3, 0.4) is 0 Å². The van der Waals surface area contributed by atoms with Gasteiger partial charge < -0.3 is 10.5 Å². The summed E-state index contributed by atoms with van der Waals surface area (Å²) in [4.78, 5) is 7.97. The van der Waals surface area contributed by atoms with Crippen LogP contribution in [0.15, 0.2) is 28.9 Å². The predicted molar refractivity (Wildman–Crippen MR) is 79.5 cm³/mol. The molecule has 0 aliphatic carbocycles. The van der Waals surface area contributed by atoms with Gasteiger partial charge in [-0.1, -0.05) is 26.0 Å². The molecule has 19 heavy (non-hydrogen) atoms. The zero-order valence-corrected chi connectivity index (χ0v) is 12.7. The normalized spacial score (nSPS) is 10.8. The lowest BCUT2D eigenvalue weighted by atomic mass is 10.0. The van der Waals surface area contributed by atoms with Crippen LogP contribution in [-0.2, 0) is 0 Å². The highest BCUT2D eigenvalue weighted by Gasteiger charge is 2.10. The van der Waals surface area contributed by atoms with E-state index in [1.807, 2.05) is 19.1 Å². The summed E-state index contributed by atoms with van der Waals surface area (Å²) in [6, 6.07) is 6.18. The summed E-state index contributed by atoms with van der Waals surface area (Å²) in [5, 5.41) is 0. The summed E-state index contributed by atoms with van der Waals surface area (Å²) in [6.07, 6.45) is 1.58. The SMILES string of the molecule is Cc1ccc(C(C)C)cc1Oc1nc(N)ncc1Br. The van der Waals surface area contributed by atoms with Gasteiger partial charge in [0.2, 0.25) is 11.8 Å². The van der Waals surface area contributed by atoms with Crippen LogP contribution in [0.1, 0.15) is 30.9 Å². The molecule has 4 nitrogen and oxygen atoms in total. The average molecular weight is 322 g/mol. The first-order chi connectivity index (χ1) is 8.97. The fraction of sp³-hybridized carbons (Fsp3) is 0.286. The highest BCUT2D eigenvalue weighted by atomic mass is 79.9. The van der Waals surface area contributed by atoms with Gasteiger partial charge in [0, 0.05) is 0 Å². The number of aryl methyl sites for hydroxylation is 1. The molecule has 2 rings (SSSR count). The van der Waals surface area contributed by atoms with Gasteiger partial charge in [0.05, 0.1) is 10.7 Å². The van der Waals surface area contributed by atoms with Crippen molar-refractivity contribution in [2.75, 3.05) is 5.73 Å². The molecule has 0 radical (unpaired) electrons. The third kappa shape index (κ3) is 3.23. The molecule has 0 aliphatic rings. The van der Waals surface area contributed by atoms with Gasteiger partial charge in [-0.2, -0.15) is 4.98 Å². The summed E-state index contributed by atoms with van der Waals surface area (Å²) >= 11 is 3.35. The van der Waals surface area contributed by atoms with Crippen molar-refractivity contribution in [3.05, 3.63) is 40.0 Å². The lowest BCUT2D eigenvalue weighted by molar-refractivity contribution is 0.455. The van der Waals surface area contributed by atoms with Gasteiger partial charge >= 0.3 is 0 Å². The average Bonchev–Trinajstić information content (AvgIpc) is 2.36. The van der Waals surface area contributed by atoms with Crippen LogP contribution in [-0.4, -0.2) is 9.97 Å². The highest BCUT2D eigenvalue weighted by Crippen LogP contribution is 2.31. The Hall–Kier alpha value is -1.62. The van der Waals surface area contributed by atoms with Crippen LogP contribution in [0.4, 0.5) is 5.95 Å². The van der Waals surface area contributed by atoms with Crippen LogP contribution in [0.5, 0.6) is 11.6 Å². The molecule has 100 valence electrons. The van der Waals surface area contributed by atoms with Crippen LogP contribution < -0.4 is 10.5 Å². The van der Waals surface area contributed by atoms with E-state index in [2.05, 4.69) is 45.8 Å². The van der Waals surface area contributed by atoms with Crippen molar-refractivity contribution in [2.24, 2.45) is 0 Å². The van der Waals surface area contributed by atoms with E-state index in [4.69, 9.17) is 10.5 Å². The van der Waals surface area contributed by atoms with Gasteiger partial charge in [-0.15, -0.1) is 0 Å². The lowest BCUT2D eigenvalue weighted by Gasteiger charge is -2.12. The van der Waals surface area contributed by atoms with E-state index < -0.39 is 0 Å². The minimum absolute atomic E-state index is 0.191. The minimum Gasteiger partial charge on any atom is -0.437 e. The lowest BCUT2D eigenvalue weighted by Crippen LogP contribution is -1.99. The highest BCUT2D eigenvalue weighted by molar-refractivity contribution is 9.10. The first kappa shape index (κ1) is 13.8.